The molecule has 2 aromatic carbocycles. The fourth-order valence-electron chi connectivity index (χ4n) is 1.98. The lowest BCUT2D eigenvalue weighted by molar-refractivity contribution is 1.12. The third kappa shape index (κ3) is 2.60. The highest BCUT2D eigenvalue weighted by Gasteiger charge is 2.04. The summed E-state index contributed by atoms with van der Waals surface area (Å²) in [5, 5.41) is 12.3. The number of aromatic nitrogens is 2. The maximum absolute atomic E-state index is 5.93. The number of halogens is 2. The highest BCUT2D eigenvalue weighted by atomic mass is 79.9. The summed E-state index contributed by atoms with van der Waals surface area (Å²) in [6.07, 6.45) is 1.83. The number of hydrogen-bond acceptors (Lipinski definition) is 2. The molecular weight excluding hydrogens is 326 g/mol. The van der Waals surface area contributed by atoms with E-state index in [1.165, 1.54) is 0 Å². The average Bonchev–Trinajstić information content (AvgIpc) is 2.86. The molecule has 5 heteroatoms. The maximum atomic E-state index is 5.93. The number of nitrogens with zero attached hydrogens (tertiary/aromatic N) is 1. The first-order valence-electron chi connectivity index (χ1n) is 5.84. The highest BCUT2D eigenvalue weighted by Crippen LogP contribution is 2.25. The van der Waals surface area contributed by atoms with Crippen LogP contribution in [-0.4, -0.2) is 10.2 Å². The SMILES string of the molecule is Clc1ccc(CNc2cccc3[nH]ncc23)c(Br)c1. The van der Waals surface area contributed by atoms with E-state index in [0.717, 1.165) is 38.2 Å². The van der Waals surface area contributed by atoms with Crippen molar-refractivity contribution in [1.29, 1.82) is 0 Å². The van der Waals surface area contributed by atoms with Gasteiger partial charge in [0.2, 0.25) is 0 Å². The fourth-order valence-corrected chi connectivity index (χ4v) is 2.80. The Hall–Kier alpha value is -1.52. The van der Waals surface area contributed by atoms with E-state index in [9.17, 15) is 0 Å². The summed E-state index contributed by atoms with van der Waals surface area (Å²) >= 11 is 9.45. The van der Waals surface area contributed by atoms with Crippen LogP contribution in [0, 0.1) is 0 Å². The van der Waals surface area contributed by atoms with Crippen LogP contribution in [0.4, 0.5) is 5.69 Å². The molecule has 19 heavy (non-hydrogen) atoms. The topological polar surface area (TPSA) is 40.7 Å². The second kappa shape index (κ2) is 5.23. The van der Waals surface area contributed by atoms with Gasteiger partial charge in [-0.05, 0) is 29.8 Å². The zero-order valence-corrected chi connectivity index (χ0v) is 12.3. The Labute approximate surface area is 124 Å². The molecule has 0 amide bonds. The summed E-state index contributed by atoms with van der Waals surface area (Å²) in [5.41, 5.74) is 3.25. The van der Waals surface area contributed by atoms with Crippen molar-refractivity contribution in [3.05, 3.63) is 57.7 Å². The monoisotopic (exact) mass is 335 g/mol. The standard InChI is InChI=1S/C14H11BrClN3/c15-12-6-10(16)5-4-9(12)7-17-13-2-1-3-14-11(13)8-18-19-14/h1-6,8,17H,7H2,(H,18,19). The molecule has 0 bridgehead atoms. The third-order valence-corrected chi connectivity index (χ3v) is 3.94. The Bertz CT molecular complexity index is 724. The molecule has 0 aliphatic rings. The van der Waals surface area contributed by atoms with Crippen LogP contribution >= 0.6 is 27.5 Å². The molecule has 3 aromatic rings. The molecule has 0 fully saturated rings. The zero-order chi connectivity index (χ0) is 13.2. The minimum atomic E-state index is 0.724. The average molecular weight is 337 g/mol. The molecule has 0 unspecified atom stereocenters. The second-order valence-corrected chi connectivity index (χ2v) is 5.52. The van der Waals surface area contributed by atoms with Crippen molar-refractivity contribution in [3.63, 3.8) is 0 Å². The first-order valence-corrected chi connectivity index (χ1v) is 7.01. The van der Waals surface area contributed by atoms with Crippen LogP contribution in [0.5, 0.6) is 0 Å². The van der Waals surface area contributed by atoms with Gasteiger partial charge in [-0.3, -0.25) is 5.10 Å². The summed E-state index contributed by atoms with van der Waals surface area (Å²) in [5.74, 6) is 0. The van der Waals surface area contributed by atoms with Gasteiger partial charge in [0.15, 0.2) is 0 Å². The lowest BCUT2D eigenvalue weighted by Gasteiger charge is -2.09. The zero-order valence-electron chi connectivity index (χ0n) is 9.95. The molecule has 0 radical (unpaired) electrons. The predicted molar refractivity (Wildman–Crippen MR) is 82.6 cm³/mol. The summed E-state index contributed by atoms with van der Waals surface area (Å²) in [6, 6.07) is 11.8. The van der Waals surface area contributed by atoms with Crippen molar-refractivity contribution >= 4 is 44.1 Å². The van der Waals surface area contributed by atoms with Gasteiger partial charge in [0.25, 0.3) is 0 Å². The molecule has 1 heterocycles. The summed E-state index contributed by atoms with van der Waals surface area (Å²) in [6.45, 7) is 0.724. The maximum Gasteiger partial charge on any atom is 0.0671 e. The van der Waals surface area contributed by atoms with Crippen LogP contribution < -0.4 is 5.32 Å². The van der Waals surface area contributed by atoms with Crippen LogP contribution in [-0.2, 0) is 6.54 Å². The molecule has 3 rings (SSSR count). The molecule has 96 valence electrons. The smallest absolute Gasteiger partial charge is 0.0671 e. The summed E-state index contributed by atoms with van der Waals surface area (Å²) in [7, 11) is 0. The van der Waals surface area contributed by atoms with Crippen LogP contribution in [0.3, 0.4) is 0 Å². The predicted octanol–water partition coefficient (Wildman–Crippen LogP) is 4.59. The van der Waals surface area contributed by atoms with E-state index >= 15 is 0 Å². The third-order valence-electron chi connectivity index (χ3n) is 2.97. The van der Waals surface area contributed by atoms with E-state index in [2.05, 4.69) is 31.4 Å². The van der Waals surface area contributed by atoms with E-state index in [1.807, 2.05) is 42.6 Å². The molecule has 0 saturated heterocycles. The Morgan fingerprint density at radius 1 is 1.26 bits per heavy atom. The van der Waals surface area contributed by atoms with Gasteiger partial charge in [-0.2, -0.15) is 5.10 Å². The van der Waals surface area contributed by atoms with Crippen LogP contribution in [0.15, 0.2) is 47.1 Å². The number of aromatic amines is 1. The van der Waals surface area contributed by atoms with Crippen molar-refractivity contribution in [1.82, 2.24) is 10.2 Å². The van der Waals surface area contributed by atoms with E-state index in [1.54, 1.807) is 0 Å². The van der Waals surface area contributed by atoms with Crippen molar-refractivity contribution in [2.75, 3.05) is 5.32 Å². The van der Waals surface area contributed by atoms with Gasteiger partial charge in [0, 0.05) is 27.1 Å². The number of H-pyrrole nitrogens is 1. The van der Waals surface area contributed by atoms with Gasteiger partial charge in [0.05, 0.1) is 11.7 Å². The van der Waals surface area contributed by atoms with Crippen molar-refractivity contribution in [2.24, 2.45) is 0 Å². The van der Waals surface area contributed by atoms with E-state index in [0.29, 0.717) is 0 Å². The summed E-state index contributed by atoms with van der Waals surface area (Å²) in [4.78, 5) is 0. The number of anilines is 1. The normalized spacial score (nSPS) is 10.8. The second-order valence-electron chi connectivity index (χ2n) is 4.23. The van der Waals surface area contributed by atoms with Crippen LogP contribution in [0.2, 0.25) is 5.02 Å². The molecular formula is C14H11BrClN3. The lowest BCUT2D eigenvalue weighted by atomic mass is 10.2. The van der Waals surface area contributed by atoms with E-state index in [-0.39, 0.29) is 0 Å². The highest BCUT2D eigenvalue weighted by molar-refractivity contribution is 9.10. The van der Waals surface area contributed by atoms with Crippen molar-refractivity contribution in [2.45, 2.75) is 6.54 Å². The Kier molecular flexibility index (Phi) is 3.44. The van der Waals surface area contributed by atoms with Gasteiger partial charge in [0.1, 0.15) is 0 Å². The largest absolute Gasteiger partial charge is 0.380 e. The van der Waals surface area contributed by atoms with E-state index in [4.69, 9.17) is 11.6 Å². The first kappa shape index (κ1) is 12.5. The minimum Gasteiger partial charge on any atom is -0.380 e. The van der Waals surface area contributed by atoms with Crippen LogP contribution in [0.25, 0.3) is 10.9 Å². The van der Waals surface area contributed by atoms with E-state index < -0.39 is 0 Å². The van der Waals surface area contributed by atoms with Gasteiger partial charge < -0.3 is 5.32 Å². The van der Waals surface area contributed by atoms with Crippen LogP contribution in [0.1, 0.15) is 5.56 Å². The van der Waals surface area contributed by atoms with Gasteiger partial charge >= 0.3 is 0 Å². The molecule has 0 saturated carbocycles. The fraction of sp³-hybridized carbons (Fsp3) is 0.0714. The Morgan fingerprint density at radius 3 is 3.00 bits per heavy atom. The minimum absolute atomic E-state index is 0.724. The van der Waals surface area contributed by atoms with Gasteiger partial charge in [-0.1, -0.05) is 39.7 Å². The molecule has 2 N–H and O–H groups in total. The molecule has 3 nitrogen and oxygen atoms in total. The molecule has 0 aliphatic heterocycles. The first-order chi connectivity index (χ1) is 9.24. The number of fused-ring (bicyclic) bond motifs is 1. The Morgan fingerprint density at radius 2 is 2.16 bits per heavy atom. The number of rotatable bonds is 3. The molecule has 0 aliphatic carbocycles. The number of benzene rings is 2. The molecule has 1 aromatic heterocycles. The number of nitrogens with one attached hydrogen (secondary N) is 2. The molecule has 0 atom stereocenters. The van der Waals surface area contributed by atoms with Crippen molar-refractivity contribution < 1.29 is 0 Å². The van der Waals surface area contributed by atoms with Gasteiger partial charge in [-0.25, -0.2) is 0 Å². The van der Waals surface area contributed by atoms with Crippen molar-refractivity contribution in [3.8, 4) is 0 Å². The molecule has 0 spiro atoms. The van der Waals surface area contributed by atoms with Gasteiger partial charge in [-0.15, -0.1) is 0 Å². The quantitative estimate of drug-likeness (QED) is 0.734. The lowest BCUT2D eigenvalue weighted by Crippen LogP contribution is -2.00. The Balaban J connectivity index is 1.84. The number of hydrogen-bond donors (Lipinski definition) is 2. The summed E-state index contributed by atoms with van der Waals surface area (Å²) < 4.78 is 1.01.